The fraction of sp³-hybridized carbons (Fsp3) is 0.500. The molecule has 8 nitrogen and oxygen atoms in total. The number of sulfone groups is 1. The predicted octanol–water partition coefficient (Wildman–Crippen LogP) is 1.33. The fourth-order valence-electron chi connectivity index (χ4n) is 3.19. The highest BCUT2D eigenvalue weighted by Crippen LogP contribution is 2.33. The van der Waals surface area contributed by atoms with Crippen molar-refractivity contribution in [3.05, 3.63) is 23.8 Å². The maximum atomic E-state index is 13.0. The minimum absolute atomic E-state index is 0.0271. The maximum absolute atomic E-state index is 13.0. The van der Waals surface area contributed by atoms with E-state index in [4.69, 9.17) is 0 Å². The van der Waals surface area contributed by atoms with E-state index in [1.807, 2.05) is 6.92 Å². The lowest BCUT2D eigenvalue weighted by Crippen LogP contribution is -2.46. The Hall–Kier alpha value is -2.42. The summed E-state index contributed by atoms with van der Waals surface area (Å²) in [6.07, 6.45) is 1.64. The summed E-state index contributed by atoms with van der Waals surface area (Å²) in [4.78, 5) is 26.2. The lowest BCUT2D eigenvalue weighted by atomic mass is 9.99. The number of benzene rings is 1. The van der Waals surface area contributed by atoms with Crippen molar-refractivity contribution in [2.24, 2.45) is 11.0 Å². The molecule has 1 saturated heterocycles. The molecule has 1 fully saturated rings. The van der Waals surface area contributed by atoms with Crippen LogP contribution in [-0.2, 0) is 24.2 Å². The van der Waals surface area contributed by atoms with E-state index in [0.29, 0.717) is 19.0 Å². The average Bonchev–Trinajstić information content (AvgIpc) is 2.63. The third-order valence-corrected chi connectivity index (χ3v) is 6.60. The molecule has 0 bridgehead atoms. The number of piperidine rings is 1. The van der Waals surface area contributed by atoms with Gasteiger partial charge >= 0.3 is 5.97 Å². The molecular formula is C18H23N3O5S. The van der Waals surface area contributed by atoms with Crippen LogP contribution < -0.4 is 5.01 Å². The van der Waals surface area contributed by atoms with Gasteiger partial charge in [0.2, 0.25) is 14.9 Å². The molecule has 0 saturated carbocycles. The van der Waals surface area contributed by atoms with Crippen LogP contribution in [0.1, 0.15) is 25.3 Å². The molecular weight excluding hydrogens is 370 g/mol. The van der Waals surface area contributed by atoms with E-state index in [1.54, 1.807) is 12.1 Å². The number of esters is 1. The molecule has 2 heterocycles. The lowest BCUT2D eigenvalue weighted by molar-refractivity contribution is -0.139. The Balaban J connectivity index is 2.03. The number of ether oxygens (including phenoxy) is 1. The number of hydrogen-bond acceptors (Lipinski definition) is 7. The number of hydrogen-bond donors (Lipinski definition) is 0. The van der Waals surface area contributed by atoms with Gasteiger partial charge in [0.25, 0.3) is 5.91 Å². The zero-order chi connectivity index (χ0) is 19.8. The normalized spacial score (nSPS) is 19.3. The molecule has 2 aliphatic rings. The van der Waals surface area contributed by atoms with Crippen molar-refractivity contribution < 1.29 is 22.7 Å². The van der Waals surface area contributed by atoms with Crippen LogP contribution in [-0.4, -0.2) is 57.0 Å². The predicted molar refractivity (Wildman–Crippen MR) is 100 cm³/mol. The number of fused-ring (bicyclic) bond motifs is 1. The Morgan fingerprint density at radius 1 is 1.26 bits per heavy atom. The Kier molecular flexibility index (Phi) is 5.23. The van der Waals surface area contributed by atoms with Crippen molar-refractivity contribution >= 4 is 32.4 Å². The molecule has 1 amide bonds. The topological polar surface area (TPSA) is 96.3 Å². The standard InChI is InChI=1S/C18H23N3O5S/c1-12-6-8-20(9-7-12)18(23)17-19-21(11-16(22)26-3)14-10-13(2)4-5-15(14)27(17,24)25/h4-5,10,12H,6-9,11H2,1-3H3. The molecule has 1 aromatic rings. The average molecular weight is 393 g/mol. The lowest BCUT2D eigenvalue weighted by Gasteiger charge is -2.32. The number of carbonyl (C=O) groups is 2. The van der Waals surface area contributed by atoms with Gasteiger partial charge in [-0.15, -0.1) is 0 Å². The molecule has 0 atom stereocenters. The number of rotatable bonds is 3. The highest BCUT2D eigenvalue weighted by molar-refractivity contribution is 8.08. The molecule has 27 heavy (non-hydrogen) atoms. The van der Waals surface area contributed by atoms with Crippen molar-refractivity contribution in [3.8, 4) is 0 Å². The molecule has 0 N–H and O–H groups in total. The summed E-state index contributed by atoms with van der Waals surface area (Å²) in [5, 5.41) is 4.76. The number of hydrazone groups is 1. The molecule has 0 radical (unpaired) electrons. The van der Waals surface area contributed by atoms with Gasteiger partial charge in [0, 0.05) is 13.1 Å². The van der Waals surface area contributed by atoms with E-state index in [2.05, 4.69) is 16.8 Å². The van der Waals surface area contributed by atoms with E-state index in [0.717, 1.165) is 18.4 Å². The smallest absolute Gasteiger partial charge is 0.327 e. The second-order valence-electron chi connectivity index (χ2n) is 6.99. The van der Waals surface area contributed by atoms with Gasteiger partial charge in [0.05, 0.1) is 17.7 Å². The number of anilines is 1. The molecule has 3 rings (SSSR count). The maximum Gasteiger partial charge on any atom is 0.327 e. The number of likely N-dealkylation sites (tertiary alicyclic amines) is 1. The molecule has 0 spiro atoms. The van der Waals surface area contributed by atoms with Gasteiger partial charge < -0.3 is 9.64 Å². The van der Waals surface area contributed by atoms with Crippen LogP contribution >= 0.6 is 0 Å². The summed E-state index contributed by atoms with van der Waals surface area (Å²) in [5.74, 6) is -0.703. The van der Waals surface area contributed by atoms with Crippen LogP contribution in [0, 0.1) is 12.8 Å². The quantitative estimate of drug-likeness (QED) is 0.719. The van der Waals surface area contributed by atoms with Gasteiger partial charge in [0.15, 0.2) is 0 Å². The summed E-state index contributed by atoms with van der Waals surface area (Å²) < 4.78 is 30.8. The van der Waals surface area contributed by atoms with Crippen LogP contribution in [0.3, 0.4) is 0 Å². The van der Waals surface area contributed by atoms with Crippen molar-refractivity contribution in [1.29, 1.82) is 0 Å². The minimum Gasteiger partial charge on any atom is -0.468 e. The van der Waals surface area contributed by atoms with Crippen LogP contribution in [0.4, 0.5) is 5.69 Å². The number of carbonyl (C=O) groups excluding carboxylic acids is 2. The van der Waals surface area contributed by atoms with E-state index < -0.39 is 26.8 Å². The monoisotopic (exact) mass is 393 g/mol. The first-order valence-corrected chi connectivity index (χ1v) is 10.3. The summed E-state index contributed by atoms with van der Waals surface area (Å²) in [7, 11) is -2.83. The third-order valence-electron chi connectivity index (χ3n) is 4.91. The first-order chi connectivity index (χ1) is 12.7. The Bertz CT molecular complexity index is 902. The van der Waals surface area contributed by atoms with Crippen molar-refractivity contribution in [2.45, 2.75) is 31.6 Å². The summed E-state index contributed by atoms with van der Waals surface area (Å²) in [5.41, 5.74) is 1.08. The number of nitrogens with zero attached hydrogens (tertiary/aromatic N) is 3. The van der Waals surface area contributed by atoms with Crippen LogP contribution in [0.2, 0.25) is 0 Å². The highest BCUT2D eigenvalue weighted by Gasteiger charge is 2.40. The van der Waals surface area contributed by atoms with Gasteiger partial charge in [-0.2, -0.15) is 5.10 Å². The van der Waals surface area contributed by atoms with Crippen molar-refractivity contribution in [3.63, 3.8) is 0 Å². The van der Waals surface area contributed by atoms with Gasteiger partial charge in [0.1, 0.15) is 6.54 Å². The zero-order valence-electron chi connectivity index (χ0n) is 15.6. The Morgan fingerprint density at radius 2 is 1.93 bits per heavy atom. The SMILES string of the molecule is COC(=O)CN1N=C(C(=O)N2CCC(C)CC2)S(=O)(=O)c2ccc(C)cc21. The number of amides is 1. The third kappa shape index (κ3) is 3.69. The molecule has 9 heteroatoms. The minimum atomic E-state index is -4.07. The Morgan fingerprint density at radius 3 is 2.56 bits per heavy atom. The van der Waals surface area contributed by atoms with E-state index >= 15 is 0 Å². The molecule has 1 aromatic carbocycles. The van der Waals surface area contributed by atoms with Crippen LogP contribution in [0.5, 0.6) is 0 Å². The fourth-order valence-corrected chi connectivity index (χ4v) is 4.65. The Labute approximate surface area is 158 Å². The second kappa shape index (κ2) is 7.30. The number of aryl methyl sites for hydroxylation is 1. The van der Waals surface area contributed by atoms with Crippen molar-refractivity contribution in [2.75, 3.05) is 31.8 Å². The highest BCUT2D eigenvalue weighted by atomic mass is 32.2. The second-order valence-corrected chi connectivity index (χ2v) is 8.82. The van der Waals surface area contributed by atoms with Gasteiger partial charge in [-0.3, -0.25) is 14.6 Å². The first kappa shape index (κ1) is 19.3. The van der Waals surface area contributed by atoms with Gasteiger partial charge in [-0.1, -0.05) is 13.0 Å². The van der Waals surface area contributed by atoms with E-state index in [-0.39, 0.29) is 17.1 Å². The molecule has 0 aromatic heterocycles. The van der Waals surface area contributed by atoms with Crippen LogP contribution in [0.15, 0.2) is 28.2 Å². The van der Waals surface area contributed by atoms with Crippen LogP contribution in [0.25, 0.3) is 0 Å². The summed E-state index contributed by atoms with van der Waals surface area (Å²) >= 11 is 0. The van der Waals surface area contributed by atoms with Crippen molar-refractivity contribution in [1.82, 2.24) is 4.90 Å². The largest absolute Gasteiger partial charge is 0.468 e. The molecule has 0 aliphatic carbocycles. The summed E-state index contributed by atoms with van der Waals surface area (Å²) in [6.45, 7) is 4.62. The summed E-state index contributed by atoms with van der Waals surface area (Å²) in [6, 6.07) is 4.73. The van der Waals surface area contributed by atoms with E-state index in [9.17, 15) is 18.0 Å². The molecule has 0 unspecified atom stereocenters. The van der Waals surface area contributed by atoms with E-state index in [1.165, 1.54) is 23.1 Å². The van der Waals surface area contributed by atoms with Gasteiger partial charge in [-0.25, -0.2) is 8.42 Å². The number of methoxy groups -OCH3 is 1. The first-order valence-electron chi connectivity index (χ1n) is 8.82. The molecule has 146 valence electrons. The zero-order valence-corrected chi connectivity index (χ0v) is 16.5. The van der Waals surface area contributed by atoms with Gasteiger partial charge in [-0.05, 0) is 43.4 Å². The molecule has 2 aliphatic heterocycles.